The summed E-state index contributed by atoms with van der Waals surface area (Å²) in [5.74, 6) is 0. The quantitative estimate of drug-likeness (QED) is 0.845. The summed E-state index contributed by atoms with van der Waals surface area (Å²) in [5, 5.41) is 0. The van der Waals surface area contributed by atoms with Crippen LogP contribution in [0, 0.1) is 13.8 Å². The van der Waals surface area contributed by atoms with Gasteiger partial charge in [-0.3, -0.25) is 4.55 Å². The van der Waals surface area contributed by atoms with Gasteiger partial charge in [0.1, 0.15) is 0 Å². The van der Waals surface area contributed by atoms with Gasteiger partial charge < -0.3 is 0 Å². The number of benzene rings is 2. The van der Waals surface area contributed by atoms with Crippen molar-refractivity contribution in [3.05, 3.63) is 53.6 Å². The predicted octanol–water partition coefficient (Wildman–Crippen LogP) is 3.22. The summed E-state index contributed by atoms with van der Waals surface area (Å²) in [6.45, 7) is 4.03. The van der Waals surface area contributed by atoms with Gasteiger partial charge >= 0.3 is 0 Å². The van der Waals surface area contributed by atoms with Crippen molar-refractivity contribution in [1.82, 2.24) is 0 Å². The molecule has 0 spiro atoms. The fourth-order valence-corrected chi connectivity index (χ4v) is 2.28. The second kappa shape index (κ2) is 4.55. The van der Waals surface area contributed by atoms with E-state index in [4.69, 9.17) is 4.55 Å². The third kappa shape index (κ3) is 2.60. The summed E-state index contributed by atoms with van der Waals surface area (Å²) in [6.07, 6.45) is 0. The molecule has 0 heterocycles. The average molecular weight is 262 g/mol. The second-order valence-corrected chi connectivity index (χ2v) is 5.72. The molecule has 2 rings (SSSR count). The van der Waals surface area contributed by atoms with Crippen molar-refractivity contribution in [2.24, 2.45) is 0 Å². The van der Waals surface area contributed by atoms with Gasteiger partial charge in [-0.15, -0.1) is 0 Å². The summed E-state index contributed by atoms with van der Waals surface area (Å²) < 4.78 is 31.2. The normalized spacial score (nSPS) is 11.5. The lowest BCUT2D eigenvalue weighted by Crippen LogP contribution is -1.97. The van der Waals surface area contributed by atoms with Crippen molar-refractivity contribution < 1.29 is 13.0 Å². The van der Waals surface area contributed by atoms with E-state index >= 15 is 0 Å². The van der Waals surface area contributed by atoms with Gasteiger partial charge in [0.15, 0.2) is 0 Å². The number of rotatable bonds is 2. The highest BCUT2D eigenvalue weighted by Crippen LogP contribution is 2.24. The number of aryl methyl sites for hydroxylation is 2. The first-order valence-corrected chi connectivity index (χ1v) is 6.97. The molecule has 2 aromatic carbocycles. The molecule has 0 aliphatic carbocycles. The van der Waals surface area contributed by atoms with Crippen molar-refractivity contribution in [2.75, 3.05) is 0 Å². The van der Waals surface area contributed by atoms with Crippen LogP contribution in [0.4, 0.5) is 0 Å². The van der Waals surface area contributed by atoms with Crippen LogP contribution in [0.15, 0.2) is 47.4 Å². The molecule has 1 N–H and O–H groups in total. The fraction of sp³-hybridized carbons (Fsp3) is 0.143. The molecule has 0 fully saturated rings. The van der Waals surface area contributed by atoms with E-state index in [9.17, 15) is 8.42 Å². The predicted molar refractivity (Wildman–Crippen MR) is 71.2 cm³/mol. The van der Waals surface area contributed by atoms with Crippen LogP contribution in [0.1, 0.15) is 11.1 Å². The molecular formula is C14H14O3S. The van der Waals surface area contributed by atoms with Crippen LogP contribution in [0.5, 0.6) is 0 Å². The molecule has 0 saturated heterocycles. The lowest BCUT2D eigenvalue weighted by atomic mass is 10.0. The molecule has 0 unspecified atom stereocenters. The Morgan fingerprint density at radius 2 is 1.56 bits per heavy atom. The van der Waals surface area contributed by atoms with Crippen LogP contribution in [0.2, 0.25) is 0 Å². The Morgan fingerprint density at radius 3 is 2.17 bits per heavy atom. The molecule has 4 heteroatoms. The molecule has 18 heavy (non-hydrogen) atoms. The first-order valence-electron chi connectivity index (χ1n) is 5.53. The van der Waals surface area contributed by atoms with Gasteiger partial charge in [-0.2, -0.15) is 8.42 Å². The zero-order valence-electron chi connectivity index (χ0n) is 10.2. The van der Waals surface area contributed by atoms with Crippen molar-refractivity contribution in [2.45, 2.75) is 18.7 Å². The van der Waals surface area contributed by atoms with E-state index in [1.54, 1.807) is 6.07 Å². The Balaban J connectivity index is 2.55. The maximum Gasteiger partial charge on any atom is 0.294 e. The van der Waals surface area contributed by atoms with Crippen LogP contribution in [-0.4, -0.2) is 13.0 Å². The zero-order chi connectivity index (χ0) is 13.3. The molecule has 0 amide bonds. The molecule has 0 aliphatic heterocycles. The summed E-state index contributed by atoms with van der Waals surface area (Å²) in [6, 6.07) is 12.2. The van der Waals surface area contributed by atoms with Gasteiger partial charge in [-0.05, 0) is 48.2 Å². The van der Waals surface area contributed by atoms with Gasteiger partial charge in [0.25, 0.3) is 10.1 Å². The van der Waals surface area contributed by atoms with Crippen molar-refractivity contribution >= 4 is 10.1 Å². The summed E-state index contributed by atoms with van der Waals surface area (Å²) in [7, 11) is -4.15. The van der Waals surface area contributed by atoms with Crippen LogP contribution in [0.3, 0.4) is 0 Å². The Bertz CT molecular complexity index is 688. The van der Waals surface area contributed by atoms with Crippen molar-refractivity contribution in [1.29, 1.82) is 0 Å². The minimum Gasteiger partial charge on any atom is -0.282 e. The van der Waals surface area contributed by atoms with Crippen LogP contribution in [-0.2, 0) is 10.1 Å². The molecule has 2 aromatic rings. The molecule has 3 nitrogen and oxygen atoms in total. The van der Waals surface area contributed by atoms with Crippen molar-refractivity contribution in [3.8, 4) is 11.1 Å². The summed E-state index contributed by atoms with van der Waals surface area (Å²) >= 11 is 0. The highest BCUT2D eigenvalue weighted by Gasteiger charge is 2.10. The monoisotopic (exact) mass is 262 g/mol. The zero-order valence-corrected chi connectivity index (χ0v) is 11.0. The van der Waals surface area contributed by atoms with Gasteiger partial charge in [0.2, 0.25) is 0 Å². The third-order valence-electron chi connectivity index (χ3n) is 2.97. The summed E-state index contributed by atoms with van der Waals surface area (Å²) in [5.41, 5.74) is 4.03. The molecule has 0 radical (unpaired) electrons. The Kier molecular flexibility index (Phi) is 3.24. The molecular weight excluding hydrogens is 248 g/mol. The standard InChI is InChI=1S/C14H14O3S/c1-10-6-7-13(8-11(10)2)12-4-3-5-14(9-12)18(15,16)17/h3-9H,1-2H3,(H,15,16,17). The van der Waals surface area contributed by atoms with E-state index < -0.39 is 10.1 Å². The highest BCUT2D eigenvalue weighted by atomic mass is 32.2. The van der Waals surface area contributed by atoms with E-state index in [0.29, 0.717) is 0 Å². The van der Waals surface area contributed by atoms with E-state index in [0.717, 1.165) is 16.7 Å². The van der Waals surface area contributed by atoms with Crippen LogP contribution < -0.4 is 0 Å². The summed E-state index contributed by atoms with van der Waals surface area (Å²) in [4.78, 5) is -0.0850. The largest absolute Gasteiger partial charge is 0.294 e. The molecule has 0 aromatic heterocycles. The SMILES string of the molecule is Cc1ccc(-c2cccc(S(=O)(=O)O)c2)cc1C. The maximum absolute atomic E-state index is 11.1. The van der Waals surface area contributed by atoms with Gasteiger partial charge in [-0.25, -0.2) is 0 Å². The lowest BCUT2D eigenvalue weighted by molar-refractivity contribution is 0.483. The molecule has 94 valence electrons. The van der Waals surface area contributed by atoms with E-state index in [1.807, 2.05) is 38.1 Å². The lowest BCUT2D eigenvalue weighted by Gasteiger charge is -2.06. The minimum absolute atomic E-state index is 0.0850. The topological polar surface area (TPSA) is 54.4 Å². The fourth-order valence-electron chi connectivity index (χ4n) is 1.76. The number of hydrogen-bond acceptors (Lipinski definition) is 2. The first kappa shape index (κ1) is 12.8. The van der Waals surface area contributed by atoms with Gasteiger partial charge in [0.05, 0.1) is 4.90 Å². The van der Waals surface area contributed by atoms with Crippen LogP contribution in [0.25, 0.3) is 11.1 Å². The Labute approximate surface area is 107 Å². The second-order valence-electron chi connectivity index (χ2n) is 4.30. The first-order chi connectivity index (χ1) is 8.38. The van der Waals surface area contributed by atoms with Gasteiger partial charge in [0, 0.05) is 0 Å². The third-order valence-corrected chi connectivity index (χ3v) is 3.82. The number of hydrogen-bond donors (Lipinski definition) is 1. The van der Waals surface area contributed by atoms with E-state index in [-0.39, 0.29) is 4.90 Å². The highest BCUT2D eigenvalue weighted by molar-refractivity contribution is 7.85. The smallest absolute Gasteiger partial charge is 0.282 e. The molecule has 0 saturated carbocycles. The molecule has 0 aliphatic rings. The molecule has 0 atom stereocenters. The van der Waals surface area contributed by atoms with E-state index in [1.165, 1.54) is 17.7 Å². The van der Waals surface area contributed by atoms with Gasteiger partial charge in [-0.1, -0.05) is 30.3 Å². The van der Waals surface area contributed by atoms with Crippen molar-refractivity contribution in [3.63, 3.8) is 0 Å². The molecule has 0 bridgehead atoms. The Hall–Kier alpha value is -1.65. The Morgan fingerprint density at radius 1 is 0.889 bits per heavy atom. The average Bonchev–Trinajstić information content (AvgIpc) is 2.32. The maximum atomic E-state index is 11.1. The minimum atomic E-state index is -4.15. The van der Waals surface area contributed by atoms with Crippen LogP contribution >= 0.6 is 0 Å². The van der Waals surface area contributed by atoms with E-state index in [2.05, 4.69) is 0 Å².